The lowest BCUT2D eigenvalue weighted by Gasteiger charge is -2.10. The maximum Gasteiger partial charge on any atom is 0.270 e. The highest BCUT2D eigenvalue weighted by Crippen LogP contribution is 2.33. The van der Waals surface area contributed by atoms with Gasteiger partial charge in [0, 0.05) is 23.2 Å². The summed E-state index contributed by atoms with van der Waals surface area (Å²) in [5.74, 6) is 1.43. The molecule has 0 radical (unpaired) electrons. The third-order valence-corrected chi connectivity index (χ3v) is 4.62. The van der Waals surface area contributed by atoms with Crippen LogP contribution >= 0.6 is 11.6 Å². The molecule has 3 rings (SSSR count). The maximum absolute atomic E-state index is 12.9. The highest BCUT2D eigenvalue weighted by molar-refractivity contribution is 6.30. The number of aromatic nitrogens is 2. The number of halogens is 1. The van der Waals surface area contributed by atoms with Gasteiger partial charge in [0.1, 0.15) is 17.2 Å². The summed E-state index contributed by atoms with van der Waals surface area (Å²) in [5.41, 5.74) is 2.55. The largest absolute Gasteiger partial charge is 0.497 e. The first-order valence-electron chi connectivity index (χ1n) is 9.29. The Hall–Kier alpha value is -2.99. The minimum Gasteiger partial charge on any atom is -0.497 e. The van der Waals surface area contributed by atoms with Crippen LogP contribution in [0.5, 0.6) is 11.5 Å². The fourth-order valence-corrected chi connectivity index (χ4v) is 2.98. The zero-order valence-electron chi connectivity index (χ0n) is 16.9. The van der Waals surface area contributed by atoms with Crippen molar-refractivity contribution in [2.75, 3.05) is 20.8 Å². The molecule has 0 bridgehead atoms. The minimum absolute atomic E-state index is 0.195. The molecule has 0 aliphatic heterocycles. The lowest BCUT2D eigenvalue weighted by Crippen LogP contribution is -2.29. The monoisotopic (exact) mass is 413 g/mol. The molecule has 29 heavy (non-hydrogen) atoms. The Kier molecular flexibility index (Phi) is 6.44. The van der Waals surface area contributed by atoms with Crippen molar-refractivity contribution in [1.82, 2.24) is 15.1 Å². The Morgan fingerprint density at radius 2 is 1.83 bits per heavy atom. The molecule has 0 aliphatic carbocycles. The van der Waals surface area contributed by atoms with E-state index in [1.165, 1.54) is 0 Å². The smallest absolute Gasteiger partial charge is 0.270 e. The molecule has 2 aromatic carbocycles. The Labute approximate surface area is 175 Å². The minimum atomic E-state index is -0.195. The van der Waals surface area contributed by atoms with E-state index in [4.69, 9.17) is 21.1 Å². The molecule has 1 N–H and O–H groups in total. The number of rotatable bonds is 7. The first kappa shape index (κ1) is 20.7. The van der Waals surface area contributed by atoms with Gasteiger partial charge in [0.25, 0.3) is 5.91 Å². The van der Waals surface area contributed by atoms with Crippen LogP contribution in [-0.2, 0) is 0 Å². The zero-order valence-corrected chi connectivity index (χ0v) is 17.7. The van der Waals surface area contributed by atoms with E-state index < -0.39 is 0 Å². The summed E-state index contributed by atoms with van der Waals surface area (Å²) in [4.78, 5) is 12.9. The van der Waals surface area contributed by atoms with Crippen molar-refractivity contribution in [3.05, 3.63) is 59.2 Å². The second kappa shape index (κ2) is 9.01. The average molecular weight is 414 g/mol. The quantitative estimate of drug-likeness (QED) is 0.615. The van der Waals surface area contributed by atoms with Gasteiger partial charge in [-0.05, 0) is 48.4 Å². The van der Waals surface area contributed by atoms with E-state index in [9.17, 15) is 4.79 Å². The van der Waals surface area contributed by atoms with Crippen LogP contribution in [0.25, 0.3) is 16.9 Å². The molecule has 1 heterocycles. The van der Waals surface area contributed by atoms with Crippen molar-refractivity contribution < 1.29 is 14.3 Å². The van der Waals surface area contributed by atoms with Gasteiger partial charge >= 0.3 is 0 Å². The Bertz CT molecular complexity index is 997. The van der Waals surface area contributed by atoms with Crippen molar-refractivity contribution in [3.8, 4) is 28.4 Å². The van der Waals surface area contributed by atoms with E-state index >= 15 is 0 Å². The number of benzene rings is 2. The fourth-order valence-electron chi connectivity index (χ4n) is 2.85. The van der Waals surface area contributed by atoms with Crippen LogP contribution in [0.15, 0.2) is 48.5 Å². The molecule has 0 saturated carbocycles. The van der Waals surface area contributed by atoms with Crippen LogP contribution in [0, 0.1) is 5.92 Å². The molecule has 0 atom stereocenters. The van der Waals surface area contributed by atoms with Gasteiger partial charge in [-0.2, -0.15) is 5.10 Å². The number of amides is 1. The number of ether oxygens (including phenoxy) is 2. The van der Waals surface area contributed by atoms with E-state index in [1.807, 2.05) is 38.1 Å². The first-order valence-corrected chi connectivity index (χ1v) is 9.67. The highest BCUT2D eigenvalue weighted by atomic mass is 35.5. The first-order chi connectivity index (χ1) is 13.9. The van der Waals surface area contributed by atoms with E-state index in [0.717, 1.165) is 11.3 Å². The SMILES string of the molecule is COc1ccc(-c2cc(C(=O)NCC(C)C)n(-c3ccc(Cl)cc3)n2)c(OC)c1. The van der Waals surface area contributed by atoms with Crippen molar-refractivity contribution in [2.45, 2.75) is 13.8 Å². The summed E-state index contributed by atoms with van der Waals surface area (Å²) in [6.07, 6.45) is 0. The molecule has 1 amide bonds. The topological polar surface area (TPSA) is 65.4 Å². The molecule has 152 valence electrons. The third kappa shape index (κ3) is 4.71. The standard InChI is InChI=1S/C22H24ClN3O3/c1-14(2)13-24-22(27)20-12-19(18-10-9-17(28-3)11-21(18)29-4)25-26(20)16-7-5-15(23)6-8-16/h5-12,14H,13H2,1-4H3,(H,24,27). The van der Waals surface area contributed by atoms with Crippen molar-refractivity contribution >= 4 is 17.5 Å². The van der Waals surface area contributed by atoms with Gasteiger partial charge in [-0.15, -0.1) is 0 Å². The summed E-state index contributed by atoms with van der Waals surface area (Å²) >= 11 is 6.02. The van der Waals surface area contributed by atoms with Crippen LogP contribution in [0.1, 0.15) is 24.3 Å². The average Bonchev–Trinajstić information content (AvgIpc) is 3.17. The summed E-state index contributed by atoms with van der Waals surface area (Å²) in [7, 11) is 3.19. The van der Waals surface area contributed by atoms with Crippen LogP contribution in [-0.4, -0.2) is 36.5 Å². The number of nitrogens with zero attached hydrogens (tertiary/aromatic N) is 2. The number of nitrogens with one attached hydrogen (secondary N) is 1. The highest BCUT2D eigenvalue weighted by Gasteiger charge is 2.20. The molecule has 0 spiro atoms. The lowest BCUT2D eigenvalue weighted by molar-refractivity contribution is 0.0941. The normalized spacial score (nSPS) is 10.8. The number of hydrogen-bond acceptors (Lipinski definition) is 4. The van der Waals surface area contributed by atoms with E-state index in [0.29, 0.717) is 40.4 Å². The fraction of sp³-hybridized carbons (Fsp3) is 0.273. The summed E-state index contributed by atoms with van der Waals surface area (Å²) < 4.78 is 12.4. The van der Waals surface area contributed by atoms with Crippen LogP contribution in [0.2, 0.25) is 5.02 Å². The predicted molar refractivity (Wildman–Crippen MR) is 114 cm³/mol. The van der Waals surface area contributed by atoms with Crippen molar-refractivity contribution in [1.29, 1.82) is 0 Å². The van der Waals surface area contributed by atoms with E-state index in [1.54, 1.807) is 43.2 Å². The van der Waals surface area contributed by atoms with Crippen LogP contribution < -0.4 is 14.8 Å². The molecule has 6 nitrogen and oxygen atoms in total. The molecular formula is C22H24ClN3O3. The van der Waals surface area contributed by atoms with Gasteiger partial charge in [-0.1, -0.05) is 25.4 Å². The van der Waals surface area contributed by atoms with Gasteiger partial charge in [0.05, 0.1) is 25.6 Å². The summed E-state index contributed by atoms with van der Waals surface area (Å²) in [6.45, 7) is 4.67. The Morgan fingerprint density at radius 3 is 2.45 bits per heavy atom. The van der Waals surface area contributed by atoms with Crippen molar-refractivity contribution in [3.63, 3.8) is 0 Å². The number of carbonyl (C=O) groups excluding carboxylic acids is 1. The van der Waals surface area contributed by atoms with Gasteiger partial charge in [0.2, 0.25) is 0 Å². The van der Waals surface area contributed by atoms with E-state index in [-0.39, 0.29) is 5.91 Å². The molecule has 0 unspecified atom stereocenters. The third-order valence-electron chi connectivity index (χ3n) is 4.37. The molecule has 0 aliphatic rings. The maximum atomic E-state index is 12.9. The van der Waals surface area contributed by atoms with Gasteiger partial charge < -0.3 is 14.8 Å². The molecule has 7 heteroatoms. The van der Waals surface area contributed by atoms with Gasteiger partial charge in [-0.3, -0.25) is 4.79 Å². The predicted octanol–water partition coefficient (Wildman–Crippen LogP) is 4.60. The number of hydrogen-bond donors (Lipinski definition) is 1. The number of carbonyl (C=O) groups is 1. The van der Waals surface area contributed by atoms with Gasteiger partial charge in [0.15, 0.2) is 0 Å². The van der Waals surface area contributed by atoms with Crippen molar-refractivity contribution in [2.24, 2.45) is 5.92 Å². The summed E-state index contributed by atoms with van der Waals surface area (Å²) in [6, 6.07) is 14.4. The Balaban J connectivity index is 2.09. The van der Waals surface area contributed by atoms with Crippen LogP contribution in [0.3, 0.4) is 0 Å². The number of methoxy groups -OCH3 is 2. The molecule has 3 aromatic rings. The van der Waals surface area contributed by atoms with E-state index in [2.05, 4.69) is 10.4 Å². The molecular weight excluding hydrogens is 390 g/mol. The molecule has 0 saturated heterocycles. The molecule has 1 aromatic heterocycles. The molecule has 0 fully saturated rings. The second-order valence-electron chi connectivity index (χ2n) is 6.97. The van der Waals surface area contributed by atoms with Gasteiger partial charge in [-0.25, -0.2) is 4.68 Å². The second-order valence-corrected chi connectivity index (χ2v) is 7.41. The van der Waals surface area contributed by atoms with Crippen LogP contribution in [0.4, 0.5) is 0 Å². The Morgan fingerprint density at radius 1 is 1.10 bits per heavy atom. The lowest BCUT2D eigenvalue weighted by atomic mass is 10.1. The zero-order chi connectivity index (χ0) is 21.0. The summed E-state index contributed by atoms with van der Waals surface area (Å²) in [5, 5.41) is 8.25.